The molecular formula is C19H21N3O. The zero-order chi connectivity index (χ0) is 15.6. The van der Waals surface area contributed by atoms with Crippen molar-refractivity contribution in [1.82, 2.24) is 14.5 Å². The molecule has 0 spiro atoms. The van der Waals surface area contributed by atoms with Crippen molar-refractivity contribution in [1.29, 1.82) is 0 Å². The summed E-state index contributed by atoms with van der Waals surface area (Å²) in [5.74, 6) is 1.11. The van der Waals surface area contributed by atoms with E-state index in [4.69, 9.17) is 9.72 Å². The number of imidazole rings is 1. The number of aromatic nitrogens is 3. The molecule has 0 unspecified atom stereocenters. The van der Waals surface area contributed by atoms with Crippen molar-refractivity contribution in [3.8, 4) is 0 Å². The van der Waals surface area contributed by atoms with Crippen molar-refractivity contribution >= 4 is 11.2 Å². The summed E-state index contributed by atoms with van der Waals surface area (Å²) in [6.45, 7) is 3.76. The van der Waals surface area contributed by atoms with Gasteiger partial charge in [-0.05, 0) is 37.5 Å². The molecule has 1 aromatic carbocycles. The van der Waals surface area contributed by atoms with Gasteiger partial charge in [0.1, 0.15) is 11.3 Å². The lowest BCUT2D eigenvalue weighted by Gasteiger charge is -2.25. The number of fused-ring (bicyclic) bond motifs is 1. The average Bonchev–Trinajstić information content (AvgIpc) is 2.95. The number of hydrogen-bond donors (Lipinski definition) is 0. The Hall–Kier alpha value is -2.20. The highest BCUT2D eigenvalue weighted by atomic mass is 16.5. The molecular weight excluding hydrogens is 286 g/mol. The van der Waals surface area contributed by atoms with Crippen LogP contribution in [-0.4, -0.2) is 27.7 Å². The fraction of sp³-hybridized carbons (Fsp3) is 0.368. The van der Waals surface area contributed by atoms with Crippen molar-refractivity contribution in [3.63, 3.8) is 0 Å². The van der Waals surface area contributed by atoms with Crippen molar-refractivity contribution < 1.29 is 4.74 Å². The Morgan fingerprint density at radius 1 is 1.13 bits per heavy atom. The molecule has 0 saturated carbocycles. The lowest BCUT2D eigenvalue weighted by molar-refractivity contribution is 0.0698. The van der Waals surface area contributed by atoms with Gasteiger partial charge < -0.3 is 9.30 Å². The summed E-state index contributed by atoms with van der Waals surface area (Å²) in [5, 5.41) is 0. The van der Waals surface area contributed by atoms with Gasteiger partial charge >= 0.3 is 0 Å². The van der Waals surface area contributed by atoms with Gasteiger partial charge in [0, 0.05) is 31.9 Å². The Morgan fingerprint density at radius 3 is 2.70 bits per heavy atom. The molecule has 0 aliphatic carbocycles. The molecule has 1 saturated heterocycles. The number of aryl methyl sites for hydroxylation is 1. The van der Waals surface area contributed by atoms with Gasteiger partial charge in [0.25, 0.3) is 0 Å². The number of ether oxygens (including phenoxy) is 1. The molecule has 0 bridgehead atoms. The Balaban J connectivity index is 1.76. The molecule has 4 heteroatoms. The minimum Gasteiger partial charge on any atom is -0.381 e. The molecule has 23 heavy (non-hydrogen) atoms. The van der Waals surface area contributed by atoms with E-state index in [9.17, 15) is 0 Å². The largest absolute Gasteiger partial charge is 0.381 e. The lowest BCUT2D eigenvalue weighted by atomic mass is 10.1. The molecule has 3 aromatic rings. The monoisotopic (exact) mass is 307 g/mol. The van der Waals surface area contributed by atoms with E-state index in [0.29, 0.717) is 6.04 Å². The predicted octanol–water partition coefficient (Wildman–Crippen LogP) is 3.68. The van der Waals surface area contributed by atoms with Gasteiger partial charge in [-0.15, -0.1) is 0 Å². The number of pyridine rings is 1. The van der Waals surface area contributed by atoms with E-state index >= 15 is 0 Å². The van der Waals surface area contributed by atoms with Gasteiger partial charge in [0.2, 0.25) is 0 Å². The minimum atomic E-state index is 0.434. The Morgan fingerprint density at radius 2 is 1.91 bits per heavy atom. The maximum atomic E-state index is 5.53. The first kappa shape index (κ1) is 14.4. The summed E-state index contributed by atoms with van der Waals surface area (Å²) in [7, 11) is 0. The van der Waals surface area contributed by atoms with Gasteiger partial charge in [0.05, 0.1) is 0 Å². The van der Waals surface area contributed by atoms with Crippen LogP contribution in [-0.2, 0) is 11.2 Å². The van der Waals surface area contributed by atoms with E-state index in [1.165, 1.54) is 11.1 Å². The lowest BCUT2D eigenvalue weighted by Crippen LogP contribution is -2.21. The SMILES string of the molecule is Cc1ccc(Cc2nc3cccnc3n2C2CCOCC2)cc1. The topological polar surface area (TPSA) is 39.9 Å². The number of nitrogens with zero attached hydrogens (tertiary/aromatic N) is 3. The van der Waals surface area contributed by atoms with Gasteiger partial charge in [0.15, 0.2) is 5.65 Å². The number of hydrogen-bond acceptors (Lipinski definition) is 3. The molecule has 1 fully saturated rings. The van der Waals surface area contributed by atoms with E-state index in [1.54, 1.807) is 0 Å². The molecule has 118 valence electrons. The number of rotatable bonds is 3. The number of benzene rings is 1. The summed E-state index contributed by atoms with van der Waals surface area (Å²) in [4.78, 5) is 9.46. The van der Waals surface area contributed by atoms with Crippen LogP contribution in [0.4, 0.5) is 0 Å². The smallest absolute Gasteiger partial charge is 0.160 e. The first-order valence-electron chi connectivity index (χ1n) is 8.26. The maximum Gasteiger partial charge on any atom is 0.160 e. The standard InChI is InChI=1S/C19H21N3O/c1-14-4-6-15(7-5-14)13-18-21-17-3-2-10-20-19(17)22(18)16-8-11-23-12-9-16/h2-7,10,16H,8-9,11-13H2,1H3. The van der Waals surface area contributed by atoms with Crippen LogP contribution >= 0.6 is 0 Å². The van der Waals surface area contributed by atoms with E-state index in [1.807, 2.05) is 12.3 Å². The maximum absolute atomic E-state index is 5.53. The van der Waals surface area contributed by atoms with Crippen LogP contribution in [0.2, 0.25) is 0 Å². The van der Waals surface area contributed by atoms with E-state index in [-0.39, 0.29) is 0 Å². The molecule has 0 N–H and O–H groups in total. The first-order valence-corrected chi connectivity index (χ1v) is 8.26. The van der Waals surface area contributed by atoms with Crippen LogP contribution in [0, 0.1) is 6.92 Å². The molecule has 0 atom stereocenters. The predicted molar refractivity (Wildman–Crippen MR) is 90.6 cm³/mol. The first-order chi connectivity index (χ1) is 11.3. The second kappa shape index (κ2) is 6.13. The molecule has 4 rings (SSSR count). The van der Waals surface area contributed by atoms with Crippen LogP contribution in [0.3, 0.4) is 0 Å². The van der Waals surface area contributed by atoms with Gasteiger partial charge in [-0.25, -0.2) is 9.97 Å². The molecule has 1 aliphatic heterocycles. The van der Waals surface area contributed by atoms with Crippen molar-refractivity contribution in [3.05, 3.63) is 59.5 Å². The third-order valence-electron chi connectivity index (χ3n) is 4.56. The summed E-state index contributed by atoms with van der Waals surface area (Å²) in [6.07, 6.45) is 4.76. The van der Waals surface area contributed by atoms with E-state index < -0.39 is 0 Å². The van der Waals surface area contributed by atoms with E-state index in [0.717, 1.165) is 49.5 Å². The van der Waals surface area contributed by atoms with Crippen LogP contribution in [0.1, 0.15) is 35.8 Å². The zero-order valence-electron chi connectivity index (χ0n) is 13.4. The quantitative estimate of drug-likeness (QED) is 0.741. The zero-order valence-corrected chi connectivity index (χ0v) is 13.4. The van der Waals surface area contributed by atoms with Gasteiger partial charge in [-0.1, -0.05) is 29.8 Å². The highest BCUT2D eigenvalue weighted by Gasteiger charge is 2.22. The summed E-state index contributed by atoms with van der Waals surface area (Å²) < 4.78 is 7.87. The van der Waals surface area contributed by atoms with Gasteiger partial charge in [-0.2, -0.15) is 0 Å². The van der Waals surface area contributed by atoms with Crippen LogP contribution < -0.4 is 0 Å². The summed E-state index contributed by atoms with van der Waals surface area (Å²) in [6, 6.07) is 13.1. The van der Waals surface area contributed by atoms with Gasteiger partial charge in [-0.3, -0.25) is 0 Å². The van der Waals surface area contributed by atoms with Crippen LogP contribution in [0.5, 0.6) is 0 Å². The van der Waals surface area contributed by atoms with E-state index in [2.05, 4.69) is 46.8 Å². The second-order valence-electron chi connectivity index (χ2n) is 6.25. The fourth-order valence-electron chi connectivity index (χ4n) is 3.32. The fourth-order valence-corrected chi connectivity index (χ4v) is 3.32. The van der Waals surface area contributed by atoms with Crippen molar-refractivity contribution in [2.45, 2.75) is 32.2 Å². The average molecular weight is 307 g/mol. The molecule has 0 amide bonds. The normalized spacial score (nSPS) is 16.0. The Bertz CT molecular complexity index is 801. The van der Waals surface area contributed by atoms with Crippen molar-refractivity contribution in [2.24, 2.45) is 0 Å². The molecule has 3 heterocycles. The highest BCUT2D eigenvalue weighted by Crippen LogP contribution is 2.28. The Kier molecular flexibility index (Phi) is 3.83. The third kappa shape index (κ3) is 2.86. The molecule has 4 nitrogen and oxygen atoms in total. The third-order valence-corrected chi connectivity index (χ3v) is 4.56. The Labute approximate surface area is 136 Å². The second-order valence-corrected chi connectivity index (χ2v) is 6.25. The summed E-state index contributed by atoms with van der Waals surface area (Å²) >= 11 is 0. The molecule has 1 aliphatic rings. The van der Waals surface area contributed by atoms with Crippen LogP contribution in [0.25, 0.3) is 11.2 Å². The summed E-state index contributed by atoms with van der Waals surface area (Å²) in [5.41, 5.74) is 4.56. The van der Waals surface area contributed by atoms with Crippen molar-refractivity contribution in [2.75, 3.05) is 13.2 Å². The molecule has 0 radical (unpaired) electrons. The minimum absolute atomic E-state index is 0.434. The van der Waals surface area contributed by atoms with Crippen LogP contribution in [0.15, 0.2) is 42.6 Å². The highest BCUT2D eigenvalue weighted by molar-refractivity contribution is 5.71. The molecule has 2 aromatic heterocycles.